The third kappa shape index (κ3) is 5.33. The Morgan fingerprint density at radius 1 is 0.500 bits per heavy atom. The Morgan fingerprint density at radius 3 is 1.05 bits per heavy atom. The summed E-state index contributed by atoms with van der Waals surface area (Å²) < 4.78 is 0. The van der Waals surface area contributed by atoms with Crippen molar-refractivity contribution < 1.29 is 0 Å². The van der Waals surface area contributed by atoms with Crippen molar-refractivity contribution in [2.75, 3.05) is 0 Å². The Balaban J connectivity index is 0.000000561. The second-order valence-electron chi connectivity index (χ2n) is 5.37. The van der Waals surface area contributed by atoms with Crippen molar-refractivity contribution in [3.8, 4) is 0 Å². The Labute approximate surface area is 137 Å². The summed E-state index contributed by atoms with van der Waals surface area (Å²) in [6.45, 7) is 8.00. The highest BCUT2D eigenvalue weighted by atomic mass is 14.3. The molecule has 0 heteroatoms. The normalized spacial score (nSPS) is 20.0. The van der Waals surface area contributed by atoms with Crippen molar-refractivity contribution in [2.24, 2.45) is 0 Å². The van der Waals surface area contributed by atoms with Crippen molar-refractivity contribution >= 4 is 0 Å². The molecule has 1 fully saturated rings. The van der Waals surface area contributed by atoms with E-state index in [1.165, 1.54) is 36.8 Å². The summed E-state index contributed by atoms with van der Waals surface area (Å²) >= 11 is 0. The molecule has 0 amide bonds. The lowest BCUT2D eigenvalue weighted by Gasteiger charge is -2.29. The first kappa shape index (κ1) is 18.5. The molecule has 1 aliphatic rings. The van der Waals surface area contributed by atoms with E-state index >= 15 is 0 Å². The van der Waals surface area contributed by atoms with Gasteiger partial charge in [0.15, 0.2) is 0 Å². The second kappa shape index (κ2) is 11.1. The van der Waals surface area contributed by atoms with E-state index in [1.54, 1.807) is 0 Å². The summed E-state index contributed by atoms with van der Waals surface area (Å²) in [6, 6.07) is 22.0. The molecule has 0 spiro atoms. The SMILES string of the molecule is CC.CC.c1ccc(C2CCC(c3ccccc3)CC2)cc1. The molecule has 120 valence electrons. The zero-order valence-corrected chi connectivity index (χ0v) is 14.8. The summed E-state index contributed by atoms with van der Waals surface area (Å²) in [4.78, 5) is 0. The lowest BCUT2D eigenvalue weighted by molar-refractivity contribution is 0.396. The average Bonchev–Trinajstić information content (AvgIpc) is 2.67. The smallest absolute Gasteiger partial charge is 0.0162 e. The number of hydrogen-bond acceptors (Lipinski definition) is 0. The topological polar surface area (TPSA) is 0 Å². The Morgan fingerprint density at radius 2 is 0.773 bits per heavy atom. The van der Waals surface area contributed by atoms with Gasteiger partial charge in [0.05, 0.1) is 0 Å². The molecule has 2 aromatic rings. The molecule has 0 aliphatic heterocycles. The fraction of sp³-hybridized carbons (Fsp3) is 0.455. The van der Waals surface area contributed by atoms with Crippen LogP contribution < -0.4 is 0 Å². The monoisotopic (exact) mass is 296 g/mol. The molecule has 0 bridgehead atoms. The van der Waals surface area contributed by atoms with Crippen LogP contribution in [0.1, 0.15) is 76.3 Å². The van der Waals surface area contributed by atoms with Crippen molar-refractivity contribution in [2.45, 2.75) is 65.2 Å². The van der Waals surface area contributed by atoms with E-state index in [0.717, 1.165) is 11.8 Å². The first-order chi connectivity index (χ1) is 10.9. The number of rotatable bonds is 2. The molecule has 22 heavy (non-hydrogen) atoms. The Kier molecular flexibility index (Phi) is 9.30. The van der Waals surface area contributed by atoms with Crippen molar-refractivity contribution in [3.05, 3.63) is 71.8 Å². The molecule has 1 saturated carbocycles. The molecular formula is C22H32. The van der Waals surface area contributed by atoms with Crippen LogP contribution in [0.3, 0.4) is 0 Å². The third-order valence-corrected chi connectivity index (χ3v) is 4.27. The van der Waals surface area contributed by atoms with Gasteiger partial charge in [0.1, 0.15) is 0 Å². The second-order valence-corrected chi connectivity index (χ2v) is 5.37. The van der Waals surface area contributed by atoms with Gasteiger partial charge in [-0.1, -0.05) is 88.4 Å². The van der Waals surface area contributed by atoms with Crippen molar-refractivity contribution in [1.82, 2.24) is 0 Å². The predicted octanol–water partition coefficient (Wildman–Crippen LogP) is 7.18. The van der Waals surface area contributed by atoms with Crippen LogP contribution in [-0.2, 0) is 0 Å². The quantitative estimate of drug-likeness (QED) is 0.550. The first-order valence-corrected chi connectivity index (χ1v) is 9.03. The molecular weight excluding hydrogens is 264 g/mol. The van der Waals surface area contributed by atoms with Crippen LogP contribution in [-0.4, -0.2) is 0 Å². The van der Waals surface area contributed by atoms with E-state index in [0.29, 0.717) is 0 Å². The fourth-order valence-corrected chi connectivity index (χ4v) is 3.21. The minimum absolute atomic E-state index is 0.783. The van der Waals surface area contributed by atoms with Gasteiger partial charge >= 0.3 is 0 Å². The lowest BCUT2D eigenvalue weighted by Crippen LogP contribution is -2.11. The molecule has 1 aliphatic carbocycles. The minimum Gasteiger partial charge on any atom is -0.0683 e. The standard InChI is InChI=1S/C18H20.2C2H6/c1-3-7-15(8-4-1)17-11-13-18(14-12-17)16-9-5-2-6-10-16;2*1-2/h1-10,17-18H,11-14H2;2*1-2H3. The zero-order valence-electron chi connectivity index (χ0n) is 14.8. The fourth-order valence-electron chi connectivity index (χ4n) is 3.21. The van der Waals surface area contributed by atoms with Crippen LogP contribution in [0.2, 0.25) is 0 Å². The van der Waals surface area contributed by atoms with E-state index in [-0.39, 0.29) is 0 Å². The number of benzene rings is 2. The molecule has 0 heterocycles. The Hall–Kier alpha value is -1.56. The zero-order chi connectivity index (χ0) is 16.2. The molecule has 0 radical (unpaired) electrons. The summed E-state index contributed by atoms with van der Waals surface area (Å²) in [7, 11) is 0. The third-order valence-electron chi connectivity index (χ3n) is 4.27. The van der Waals surface area contributed by atoms with E-state index in [9.17, 15) is 0 Å². The van der Waals surface area contributed by atoms with Gasteiger partial charge in [0.25, 0.3) is 0 Å². The Bertz CT molecular complexity index is 416. The van der Waals surface area contributed by atoms with E-state index in [4.69, 9.17) is 0 Å². The van der Waals surface area contributed by atoms with Crippen LogP contribution in [0.25, 0.3) is 0 Å². The van der Waals surface area contributed by atoms with E-state index in [2.05, 4.69) is 60.7 Å². The maximum atomic E-state index is 2.29. The predicted molar refractivity (Wildman–Crippen MR) is 99.5 cm³/mol. The van der Waals surface area contributed by atoms with Gasteiger partial charge in [0.2, 0.25) is 0 Å². The van der Waals surface area contributed by atoms with Gasteiger partial charge in [-0.3, -0.25) is 0 Å². The summed E-state index contributed by atoms with van der Waals surface area (Å²) in [5.74, 6) is 1.57. The van der Waals surface area contributed by atoms with Gasteiger partial charge in [-0.05, 0) is 48.6 Å². The van der Waals surface area contributed by atoms with Crippen LogP contribution in [0.4, 0.5) is 0 Å². The molecule has 0 atom stereocenters. The van der Waals surface area contributed by atoms with Crippen LogP contribution in [0.15, 0.2) is 60.7 Å². The van der Waals surface area contributed by atoms with Gasteiger partial charge in [-0.15, -0.1) is 0 Å². The number of hydrogen-bond donors (Lipinski definition) is 0. The van der Waals surface area contributed by atoms with Gasteiger partial charge in [-0.25, -0.2) is 0 Å². The minimum atomic E-state index is 0.783. The molecule has 0 aromatic heterocycles. The van der Waals surface area contributed by atoms with Crippen molar-refractivity contribution in [1.29, 1.82) is 0 Å². The molecule has 2 aromatic carbocycles. The van der Waals surface area contributed by atoms with E-state index in [1.807, 2.05) is 27.7 Å². The van der Waals surface area contributed by atoms with Gasteiger partial charge < -0.3 is 0 Å². The molecule has 3 rings (SSSR count). The highest BCUT2D eigenvalue weighted by Crippen LogP contribution is 2.40. The molecule has 0 saturated heterocycles. The van der Waals surface area contributed by atoms with Crippen LogP contribution in [0, 0.1) is 0 Å². The summed E-state index contributed by atoms with van der Waals surface area (Å²) in [5.41, 5.74) is 3.06. The summed E-state index contributed by atoms with van der Waals surface area (Å²) in [5, 5.41) is 0. The molecule has 0 nitrogen and oxygen atoms in total. The average molecular weight is 296 g/mol. The molecule has 0 N–H and O–H groups in total. The first-order valence-electron chi connectivity index (χ1n) is 9.03. The van der Waals surface area contributed by atoms with Crippen LogP contribution >= 0.6 is 0 Å². The lowest BCUT2D eigenvalue weighted by atomic mass is 9.76. The highest BCUT2D eigenvalue weighted by Gasteiger charge is 2.22. The van der Waals surface area contributed by atoms with Gasteiger partial charge in [-0.2, -0.15) is 0 Å². The maximum absolute atomic E-state index is 2.29. The largest absolute Gasteiger partial charge is 0.0683 e. The molecule has 0 unspecified atom stereocenters. The maximum Gasteiger partial charge on any atom is -0.0162 e. The van der Waals surface area contributed by atoms with Crippen molar-refractivity contribution in [3.63, 3.8) is 0 Å². The van der Waals surface area contributed by atoms with Crippen LogP contribution in [0.5, 0.6) is 0 Å². The van der Waals surface area contributed by atoms with Gasteiger partial charge in [0, 0.05) is 0 Å². The highest BCUT2D eigenvalue weighted by molar-refractivity contribution is 5.23. The summed E-state index contributed by atoms with van der Waals surface area (Å²) in [6.07, 6.45) is 5.35. The van der Waals surface area contributed by atoms with E-state index < -0.39 is 0 Å².